The van der Waals surface area contributed by atoms with Crippen LogP contribution in [-0.4, -0.2) is 23.3 Å². The van der Waals surface area contributed by atoms with E-state index in [9.17, 15) is 14.4 Å². The third-order valence-electron chi connectivity index (χ3n) is 4.48. The lowest BCUT2D eigenvalue weighted by Gasteiger charge is -2.32. The Kier molecular flexibility index (Phi) is 4.40. The van der Waals surface area contributed by atoms with Crippen LogP contribution in [0.25, 0.3) is 0 Å². The summed E-state index contributed by atoms with van der Waals surface area (Å²) in [6, 6.07) is 10.5. The average molecular weight is 352 g/mol. The van der Waals surface area contributed by atoms with Crippen molar-refractivity contribution < 1.29 is 23.9 Å². The predicted molar refractivity (Wildman–Crippen MR) is 95.5 cm³/mol. The highest BCUT2D eigenvalue weighted by Crippen LogP contribution is 2.31. The zero-order valence-electron chi connectivity index (χ0n) is 15.2. The first-order valence-electron chi connectivity index (χ1n) is 8.36. The molecule has 1 atom stereocenters. The number of carbonyl (C=O) groups excluding carboxylic acids is 3. The molecule has 1 aliphatic heterocycles. The molecule has 0 spiro atoms. The van der Waals surface area contributed by atoms with Gasteiger partial charge in [-0.1, -0.05) is 29.3 Å². The Morgan fingerprint density at radius 3 is 2.42 bits per heavy atom. The molecule has 0 saturated heterocycles. The largest absolute Gasteiger partial charge is 0.443 e. The van der Waals surface area contributed by atoms with Crippen molar-refractivity contribution in [2.45, 2.75) is 39.7 Å². The molecule has 5 heteroatoms. The lowest BCUT2D eigenvalue weighted by Crippen LogP contribution is -2.48. The van der Waals surface area contributed by atoms with Crippen molar-refractivity contribution in [1.29, 1.82) is 0 Å². The van der Waals surface area contributed by atoms with Gasteiger partial charge in [-0.3, -0.25) is 4.79 Å². The van der Waals surface area contributed by atoms with Gasteiger partial charge >= 0.3 is 11.9 Å². The second-order valence-corrected chi connectivity index (χ2v) is 6.90. The monoisotopic (exact) mass is 352 g/mol. The fourth-order valence-electron chi connectivity index (χ4n) is 3.02. The molecular formula is C21H20O5. The molecule has 1 heterocycles. The summed E-state index contributed by atoms with van der Waals surface area (Å²) in [5, 5.41) is 0. The van der Waals surface area contributed by atoms with Crippen molar-refractivity contribution in [3.8, 4) is 5.75 Å². The minimum atomic E-state index is -1.45. The standard InChI is InChI=1S/C21H20O5/c1-12-5-7-15-11-21(4,26-19(23)17(15)10-12)20(24)25-18-8-6-13(2)9-16(18)14(3)22/h5-10H,11H2,1-4H3. The number of benzene rings is 2. The van der Waals surface area contributed by atoms with Crippen molar-refractivity contribution in [1.82, 2.24) is 0 Å². The van der Waals surface area contributed by atoms with E-state index in [0.29, 0.717) is 11.1 Å². The van der Waals surface area contributed by atoms with Gasteiger partial charge in [-0.05, 0) is 51.5 Å². The quantitative estimate of drug-likeness (QED) is 0.480. The molecule has 0 aromatic heterocycles. The van der Waals surface area contributed by atoms with Crippen LogP contribution in [-0.2, 0) is 16.0 Å². The van der Waals surface area contributed by atoms with Gasteiger partial charge in [0, 0.05) is 6.42 Å². The van der Waals surface area contributed by atoms with E-state index in [4.69, 9.17) is 9.47 Å². The van der Waals surface area contributed by atoms with Crippen molar-refractivity contribution in [3.63, 3.8) is 0 Å². The molecule has 0 saturated carbocycles. The number of hydrogen-bond acceptors (Lipinski definition) is 5. The van der Waals surface area contributed by atoms with Crippen molar-refractivity contribution in [3.05, 3.63) is 64.2 Å². The summed E-state index contributed by atoms with van der Waals surface area (Å²) < 4.78 is 10.9. The highest BCUT2D eigenvalue weighted by atomic mass is 16.6. The first kappa shape index (κ1) is 17.9. The Bertz CT molecular complexity index is 928. The number of aryl methyl sites for hydroxylation is 2. The van der Waals surface area contributed by atoms with Crippen LogP contribution in [0.2, 0.25) is 0 Å². The van der Waals surface area contributed by atoms with Gasteiger partial charge in [-0.25, -0.2) is 9.59 Å². The highest BCUT2D eigenvalue weighted by molar-refractivity contribution is 5.99. The number of esters is 2. The van der Waals surface area contributed by atoms with Crippen LogP contribution in [0, 0.1) is 13.8 Å². The molecule has 1 aliphatic rings. The number of ether oxygens (including phenoxy) is 2. The van der Waals surface area contributed by atoms with Crippen LogP contribution in [0.15, 0.2) is 36.4 Å². The predicted octanol–water partition coefficient (Wildman–Crippen LogP) is 3.58. The number of ketones is 1. The zero-order valence-corrected chi connectivity index (χ0v) is 15.2. The molecule has 0 bridgehead atoms. The lowest BCUT2D eigenvalue weighted by molar-refractivity contribution is -0.155. The molecule has 26 heavy (non-hydrogen) atoms. The van der Waals surface area contributed by atoms with Gasteiger partial charge in [0.2, 0.25) is 5.60 Å². The Labute approximate surface area is 151 Å². The number of Topliss-reactive ketones (excluding diaryl/α,β-unsaturated/α-hetero) is 1. The van der Waals surface area contributed by atoms with Gasteiger partial charge in [-0.15, -0.1) is 0 Å². The minimum absolute atomic E-state index is 0.167. The summed E-state index contributed by atoms with van der Waals surface area (Å²) in [4.78, 5) is 36.9. The molecule has 0 fully saturated rings. The summed E-state index contributed by atoms with van der Waals surface area (Å²) in [7, 11) is 0. The SMILES string of the molecule is CC(=O)c1cc(C)ccc1OC(=O)C1(C)Cc2ccc(C)cc2C(=O)O1. The number of cyclic esters (lactones) is 1. The Morgan fingerprint density at radius 2 is 1.73 bits per heavy atom. The van der Waals surface area contributed by atoms with Gasteiger partial charge < -0.3 is 9.47 Å². The third-order valence-corrected chi connectivity index (χ3v) is 4.48. The van der Waals surface area contributed by atoms with Gasteiger partial charge in [0.15, 0.2) is 5.78 Å². The maximum Gasteiger partial charge on any atom is 0.356 e. The Balaban J connectivity index is 1.90. The zero-order chi connectivity index (χ0) is 19.1. The molecule has 3 rings (SSSR count). The van der Waals surface area contributed by atoms with Gasteiger partial charge in [0.05, 0.1) is 11.1 Å². The molecule has 134 valence electrons. The lowest BCUT2D eigenvalue weighted by atomic mass is 9.89. The molecule has 0 aliphatic carbocycles. The van der Waals surface area contributed by atoms with Crippen LogP contribution in [0.3, 0.4) is 0 Å². The second kappa shape index (κ2) is 6.41. The normalized spacial score (nSPS) is 18.7. The molecule has 2 aromatic carbocycles. The highest BCUT2D eigenvalue weighted by Gasteiger charge is 2.44. The smallest absolute Gasteiger partial charge is 0.356 e. The van der Waals surface area contributed by atoms with E-state index < -0.39 is 17.5 Å². The van der Waals surface area contributed by atoms with Crippen LogP contribution in [0.1, 0.15) is 51.3 Å². The Hall–Kier alpha value is -2.95. The first-order valence-corrected chi connectivity index (χ1v) is 8.36. The Morgan fingerprint density at radius 1 is 1.08 bits per heavy atom. The maximum absolute atomic E-state index is 12.8. The second-order valence-electron chi connectivity index (χ2n) is 6.90. The average Bonchev–Trinajstić information content (AvgIpc) is 2.57. The minimum Gasteiger partial charge on any atom is -0.443 e. The van der Waals surface area contributed by atoms with Gasteiger partial charge in [0.1, 0.15) is 5.75 Å². The van der Waals surface area contributed by atoms with E-state index in [1.807, 2.05) is 26.0 Å². The summed E-state index contributed by atoms with van der Waals surface area (Å²) in [6.45, 7) is 6.67. The van der Waals surface area contributed by atoms with Crippen molar-refractivity contribution >= 4 is 17.7 Å². The molecular weight excluding hydrogens is 332 g/mol. The molecule has 2 aromatic rings. The summed E-state index contributed by atoms with van der Waals surface area (Å²) >= 11 is 0. The van der Waals surface area contributed by atoms with Crippen molar-refractivity contribution in [2.24, 2.45) is 0 Å². The summed E-state index contributed by atoms with van der Waals surface area (Å²) in [5.74, 6) is -1.29. The number of rotatable bonds is 3. The van der Waals surface area contributed by atoms with Crippen molar-refractivity contribution in [2.75, 3.05) is 0 Å². The van der Waals surface area contributed by atoms with E-state index >= 15 is 0 Å². The summed E-state index contributed by atoms with van der Waals surface area (Å²) in [6.07, 6.45) is 0.217. The van der Waals surface area contributed by atoms with Crippen LogP contribution >= 0.6 is 0 Å². The fourth-order valence-corrected chi connectivity index (χ4v) is 3.02. The molecule has 0 N–H and O–H groups in total. The number of carbonyl (C=O) groups is 3. The third kappa shape index (κ3) is 3.25. The van der Waals surface area contributed by atoms with E-state index in [2.05, 4.69) is 0 Å². The molecule has 5 nitrogen and oxygen atoms in total. The van der Waals surface area contributed by atoms with E-state index in [1.165, 1.54) is 13.8 Å². The fraction of sp³-hybridized carbons (Fsp3) is 0.286. The molecule has 1 unspecified atom stereocenters. The van der Waals surface area contributed by atoms with Gasteiger partial charge in [0.25, 0.3) is 0 Å². The molecule has 0 radical (unpaired) electrons. The van der Waals surface area contributed by atoms with Crippen LogP contribution in [0.5, 0.6) is 5.75 Å². The molecule has 0 amide bonds. The topological polar surface area (TPSA) is 69.7 Å². The number of fused-ring (bicyclic) bond motifs is 1. The van der Waals surface area contributed by atoms with E-state index in [1.54, 1.807) is 24.3 Å². The van der Waals surface area contributed by atoms with Crippen LogP contribution in [0.4, 0.5) is 0 Å². The number of hydrogen-bond donors (Lipinski definition) is 0. The maximum atomic E-state index is 12.8. The van der Waals surface area contributed by atoms with Crippen LogP contribution < -0.4 is 4.74 Å². The first-order chi connectivity index (χ1) is 12.2. The van der Waals surface area contributed by atoms with Gasteiger partial charge in [-0.2, -0.15) is 0 Å². The summed E-state index contributed by atoms with van der Waals surface area (Å²) in [5.41, 5.74) is 1.91. The van der Waals surface area contributed by atoms with E-state index in [-0.39, 0.29) is 18.0 Å². The van der Waals surface area contributed by atoms with E-state index in [0.717, 1.165) is 16.7 Å².